The molecule has 0 saturated carbocycles. The molecule has 0 unspecified atom stereocenters. The third-order valence-corrected chi connectivity index (χ3v) is 2.06. The van der Waals surface area contributed by atoms with Gasteiger partial charge in [0.05, 0.1) is 0 Å². The maximum Gasteiger partial charge on any atom is 0.118 e. The Balaban J connectivity index is 2.96. The zero-order valence-corrected chi connectivity index (χ0v) is 8.46. The maximum atomic E-state index is 9.46. The van der Waals surface area contributed by atoms with E-state index in [1.807, 2.05) is 32.9 Å². The van der Waals surface area contributed by atoms with Gasteiger partial charge in [-0.15, -0.1) is 0 Å². The van der Waals surface area contributed by atoms with Gasteiger partial charge in [0, 0.05) is 5.54 Å². The molecule has 1 rings (SSSR count). The Morgan fingerprint density at radius 3 is 2.54 bits per heavy atom. The van der Waals surface area contributed by atoms with Gasteiger partial charge in [0.15, 0.2) is 0 Å². The van der Waals surface area contributed by atoms with Gasteiger partial charge in [0.25, 0.3) is 0 Å². The van der Waals surface area contributed by atoms with Gasteiger partial charge in [-0.2, -0.15) is 0 Å². The molecule has 0 spiro atoms. The minimum atomic E-state index is -0.224. The molecule has 0 fully saturated rings. The Bertz CT molecular complexity index is 299. The molecule has 1 aromatic carbocycles. The summed E-state index contributed by atoms with van der Waals surface area (Å²) in [6.45, 7) is 5.88. The third kappa shape index (κ3) is 2.74. The first-order chi connectivity index (χ1) is 5.90. The minimum Gasteiger partial charge on any atom is -0.508 e. The largest absolute Gasteiger partial charge is 0.508 e. The van der Waals surface area contributed by atoms with Crippen LogP contribution in [0, 0.1) is 6.92 Å². The lowest BCUT2D eigenvalue weighted by atomic mass is 9.93. The number of aromatic hydroxyl groups is 1. The summed E-state index contributed by atoms with van der Waals surface area (Å²) in [4.78, 5) is 0. The van der Waals surface area contributed by atoms with E-state index in [4.69, 9.17) is 5.73 Å². The number of nitrogens with two attached hydrogens (primary N) is 1. The molecule has 0 saturated heterocycles. The van der Waals surface area contributed by atoms with E-state index in [-0.39, 0.29) is 5.54 Å². The van der Waals surface area contributed by atoms with Gasteiger partial charge in [-0.25, -0.2) is 0 Å². The Morgan fingerprint density at radius 2 is 2.00 bits per heavy atom. The van der Waals surface area contributed by atoms with Crippen molar-refractivity contribution >= 4 is 0 Å². The molecule has 0 radical (unpaired) electrons. The second-order valence-corrected chi connectivity index (χ2v) is 4.23. The van der Waals surface area contributed by atoms with E-state index in [0.29, 0.717) is 5.75 Å². The van der Waals surface area contributed by atoms with Gasteiger partial charge in [-0.1, -0.05) is 12.1 Å². The number of hydrogen-bond acceptors (Lipinski definition) is 2. The van der Waals surface area contributed by atoms with Crippen molar-refractivity contribution < 1.29 is 5.11 Å². The predicted octanol–water partition coefficient (Wildman–Crippen LogP) is 1.98. The Kier molecular flexibility index (Phi) is 2.62. The zero-order valence-electron chi connectivity index (χ0n) is 8.46. The van der Waals surface area contributed by atoms with Gasteiger partial charge in [0.2, 0.25) is 0 Å². The van der Waals surface area contributed by atoms with Crippen LogP contribution < -0.4 is 5.73 Å². The summed E-state index contributed by atoms with van der Waals surface area (Å²) in [6, 6.07) is 5.55. The van der Waals surface area contributed by atoms with Crippen LogP contribution in [0.2, 0.25) is 0 Å². The van der Waals surface area contributed by atoms with Crippen molar-refractivity contribution in [3.05, 3.63) is 29.3 Å². The fourth-order valence-electron chi connectivity index (χ4n) is 1.35. The van der Waals surface area contributed by atoms with Crippen molar-refractivity contribution in [2.24, 2.45) is 5.73 Å². The van der Waals surface area contributed by atoms with E-state index in [2.05, 4.69) is 0 Å². The monoisotopic (exact) mass is 179 g/mol. The summed E-state index contributed by atoms with van der Waals surface area (Å²) in [5.74, 6) is 0.349. The summed E-state index contributed by atoms with van der Waals surface area (Å²) in [5.41, 5.74) is 7.73. The third-order valence-electron chi connectivity index (χ3n) is 2.06. The number of phenolic OH excluding ortho intramolecular Hbond substituents is 1. The molecule has 13 heavy (non-hydrogen) atoms. The Labute approximate surface area is 79.4 Å². The van der Waals surface area contributed by atoms with Gasteiger partial charge in [-0.05, 0) is 44.4 Å². The normalized spacial score (nSPS) is 11.7. The molecular weight excluding hydrogens is 162 g/mol. The van der Waals surface area contributed by atoms with Gasteiger partial charge >= 0.3 is 0 Å². The van der Waals surface area contributed by atoms with Crippen LogP contribution in [0.1, 0.15) is 25.0 Å². The number of benzene rings is 1. The van der Waals surface area contributed by atoms with Crippen LogP contribution in [0.4, 0.5) is 0 Å². The molecule has 0 heterocycles. The summed E-state index contributed by atoms with van der Waals surface area (Å²) in [6.07, 6.45) is 0.785. The first-order valence-corrected chi connectivity index (χ1v) is 4.46. The molecule has 0 aliphatic carbocycles. The minimum absolute atomic E-state index is 0.224. The molecule has 0 aliphatic rings. The average molecular weight is 179 g/mol. The molecule has 0 aliphatic heterocycles. The van der Waals surface area contributed by atoms with Crippen LogP contribution in [0.15, 0.2) is 18.2 Å². The number of phenols is 1. The van der Waals surface area contributed by atoms with Crippen molar-refractivity contribution in [1.82, 2.24) is 0 Å². The highest BCUT2D eigenvalue weighted by Crippen LogP contribution is 2.22. The molecule has 0 bridgehead atoms. The highest BCUT2D eigenvalue weighted by Gasteiger charge is 2.13. The van der Waals surface area contributed by atoms with Crippen molar-refractivity contribution in [3.8, 4) is 5.75 Å². The quantitative estimate of drug-likeness (QED) is 0.729. The average Bonchev–Trinajstić information content (AvgIpc) is 1.96. The highest BCUT2D eigenvalue weighted by molar-refractivity contribution is 5.38. The van der Waals surface area contributed by atoms with E-state index in [1.54, 1.807) is 6.07 Å². The van der Waals surface area contributed by atoms with Crippen molar-refractivity contribution in [1.29, 1.82) is 0 Å². The zero-order chi connectivity index (χ0) is 10.1. The summed E-state index contributed by atoms with van der Waals surface area (Å²) in [7, 11) is 0. The molecule has 1 aromatic rings. The van der Waals surface area contributed by atoms with E-state index >= 15 is 0 Å². The topological polar surface area (TPSA) is 46.2 Å². The first kappa shape index (κ1) is 10.1. The maximum absolute atomic E-state index is 9.46. The SMILES string of the molecule is Cc1c(O)cccc1CC(C)(C)N. The molecule has 2 heteroatoms. The first-order valence-electron chi connectivity index (χ1n) is 4.46. The molecule has 0 amide bonds. The molecule has 2 nitrogen and oxygen atoms in total. The van der Waals surface area contributed by atoms with Crippen molar-refractivity contribution in [3.63, 3.8) is 0 Å². The van der Waals surface area contributed by atoms with Crippen molar-refractivity contribution in [2.75, 3.05) is 0 Å². The number of rotatable bonds is 2. The highest BCUT2D eigenvalue weighted by atomic mass is 16.3. The Morgan fingerprint density at radius 1 is 1.38 bits per heavy atom. The molecular formula is C11H17NO. The standard InChI is InChI=1S/C11H17NO/c1-8-9(7-11(2,3)12)5-4-6-10(8)13/h4-6,13H,7,12H2,1-3H3. The van der Waals surface area contributed by atoms with Crippen LogP contribution in [-0.4, -0.2) is 10.6 Å². The van der Waals surface area contributed by atoms with Crippen LogP contribution in [0.25, 0.3) is 0 Å². The van der Waals surface area contributed by atoms with Gasteiger partial charge in [0.1, 0.15) is 5.75 Å². The smallest absolute Gasteiger partial charge is 0.118 e. The fourth-order valence-corrected chi connectivity index (χ4v) is 1.35. The second-order valence-electron chi connectivity index (χ2n) is 4.23. The predicted molar refractivity (Wildman–Crippen MR) is 54.8 cm³/mol. The van der Waals surface area contributed by atoms with Gasteiger partial charge < -0.3 is 10.8 Å². The van der Waals surface area contributed by atoms with Crippen LogP contribution in [0.5, 0.6) is 5.75 Å². The molecule has 3 N–H and O–H groups in total. The summed E-state index contributed by atoms with van der Waals surface area (Å²) < 4.78 is 0. The van der Waals surface area contributed by atoms with E-state index < -0.39 is 0 Å². The second kappa shape index (κ2) is 3.38. The van der Waals surface area contributed by atoms with Crippen LogP contribution in [-0.2, 0) is 6.42 Å². The van der Waals surface area contributed by atoms with E-state index in [9.17, 15) is 5.11 Å². The van der Waals surface area contributed by atoms with Gasteiger partial charge in [-0.3, -0.25) is 0 Å². The lowest BCUT2D eigenvalue weighted by Crippen LogP contribution is -2.34. The summed E-state index contributed by atoms with van der Waals surface area (Å²) in [5, 5.41) is 9.46. The van der Waals surface area contributed by atoms with Crippen LogP contribution in [0.3, 0.4) is 0 Å². The lowest BCUT2D eigenvalue weighted by Gasteiger charge is -2.19. The Hall–Kier alpha value is -1.02. The van der Waals surface area contributed by atoms with E-state index in [0.717, 1.165) is 17.5 Å². The van der Waals surface area contributed by atoms with E-state index in [1.165, 1.54) is 0 Å². The molecule has 0 aromatic heterocycles. The lowest BCUT2D eigenvalue weighted by molar-refractivity contribution is 0.466. The molecule has 72 valence electrons. The number of hydrogen-bond donors (Lipinski definition) is 2. The van der Waals surface area contributed by atoms with Crippen LogP contribution >= 0.6 is 0 Å². The fraction of sp³-hybridized carbons (Fsp3) is 0.455. The molecule has 0 atom stereocenters. The summed E-state index contributed by atoms with van der Waals surface area (Å²) >= 11 is 0. The van der Waals surface area contributed by atoms with Crippen molar-refractivity contribution in [2.45, 2.75) is 32.7 Å².